The summed E-state index contributed by atoms with van der Waals surface area (Å²) in [6, 6.07) is 46.5. The van der Waals surface area contributed by atoms with Crippen molar-refractivity contribution in [2.45, 2.75) is 56.2 Å². The van der Waals surface area contributed by atoms with Gasteiger partial charge in [-0.2, -0.15) is 12.9 Å². The van der Waals surface area contributed by atoms with E-state index in [1.165, 1.54) is 93.6 Å². The summed E-state index contributed by atoms with van der Waals surface area (Å²) in [6.45, 7) is 7.96. The molecule has 9 rings (SSSR count). The van der Waals surface area contributed by atoms with Gasteiger partial charge in [-0.25, -0.2) is 25.3 Å². The minimum absolute atomic E-state index is 0.0870. The third-order valence-electron chi connectivity index (χ3n) is 13.9. The molecule has 6 aromatic carbocycles. The van der Waals surface area contributed by atoms with E-state index >= 15 is 0 Å². The second-order valence-electron chi connectivity index (χ2n) is 21.2. The molecule has 3 aliphatic rings. The first kappa shape index (κ1) is 70.6. The van der Waals surface area contributed by atoms with Gasteiger partial charge in [0.1, 0.15) is 17.3 Å². The molecule has 21 heteroatoms. The normalized spacial score (nSPS) is 20.1. The Hall–Kier alpha value is -9.87. The number of benzene rings is 6. The smallest absolute Gasteiger partial charge is 0.308 e. The van der Waals surface area contributed by atoms with Gasteiger partial charge in [-0.05, 0) is 110 Å². The van der Waals surface area contributed by atoms with Crippen LogP contribution in [0.3, 0.4) is 0 Å². The lowest BCUT2D eigenvalue weighted by Crippen LogP contribution is -2.37. The van der Waals surface area contributed by atoms with Crippen molar-refractivity contribution < 1.29 is 68.2 Å². The van der Waals surface area contributed by atoms with Crippen molar-refractivity contribution in [1.82, 2.24) is 12.9 Å². The van der Waals surface area contributed by atoms with Gasteiger partial charge in [0.05, 0.1) is 34.3 Å². The molecule has 480 valence electrons. The van der Waals surface area contributed by atoms with Gasteiger partial charge < -0.3 is 14.2 Å². The summed E-state index contributed by atoms with van der Waals surface area (Å²) < 4.78 is 100. The monoisotopic (exact) mass is 1310 g/mol. The molecule has 0 radical (unpaired) electrons. The zero-order valence-electron chi connectivity index (χ0n) is 51.9. The SMILES string of the molecule is CC(=O)OC1=C(/c2ccccc2)CN(S(=O)(=O)c2ccc(C)cc2)CC(=O)\C=C/C=C\1.CC(=O)OC1=C(/c2ccccc2)CN(S(=O)(=O)c2ccc(C)cc2)CC(=O)\C=C/C=C\1.CC(=O)OC1=C(/c2ccccc2)CN(S(=O)(=O)c2ccc(C)cc2)CC(=O)\C=C/C=C\1. The molecule has 0 amide bonds. The van der Waals surface area contributed by atoms with Crippen LogP contribution in [0.25, 0.3) is 16.7 Å². The zero-order chi connectivity index (χ0) is 67.3. The summed E-state index contributed by atoms with van der Waals surface area (Å²) in [4.78, 5) is 72.7. The van der Waals surface area contributed by atoms with E-state index in [1.807, 2.05) is 39.0 Å². The Labute approximate surface area is 543 Å². The zero-order valence-corrected chi connectivity index (χ0v) is 54.4. The molecule has 3 aliphatic heterocycles. The van der Waals surface area contributed by atoms with Crippen molar-refractivity contribution >= 4 is 82.0 Å². The minimum Gasteiger partial charge on any atom is -0.426 e. The fraction of sp³-hybridized carbons (Fsp3) is 0.167. The van der Waals surface area contributed by atoms with Gasteiger partial charge in [-0.3, -0.25) is 28.8 Å². The highest BCUT2D eigenvalue weighted by Crippen LogP contribution is 2.31. The molecule has 0 atom stereocenters. The Morgan fingerprint density at radius 2 is 0.527 bits per heavy atom. The third kappa shape index (κ3) is 20.3. The standard InChI is InChI=1S/3C24H23NO5S/c3*1-18-12-14-22(15-13-18)31(28,29)25-16-21(27)10-6-7-11-24(30-19(2)26)23(17-25)20-8-4-3-5-9-20/h3*3-15H,16-17H2,1-2H3/b3*10-6-,11-7-,24-23+. The van der Waals surface area contributed by atoms with Crippen LogP contribution in [0.5, 0.6) is 0 Å². The average molecular weight is 1310 g/mol. The molecule has 0 spiro atoms. The van der Waals surface area contributed by atoms with E-state index in [4.69, 9.17) is 14.2 Å². The molecule has 0 bridgehead atoms. The second kappa shape index (κ2) is 32.9. The first-order valence-corrected chi connectivity index (χ1v) is 33.4. The summed E-state index contributed by atoms with van der Waals surface area (Å²) in [7, 11) is -12.0. The quantitative estimate of drug-likeness (QED) is 0.0817. The van der Waals surface area contributed by atoms with Gasteiger partial charge >= 0.3 is 17.9 Å². The minimum atomic E-state index is -3.99. The highest BCUT2D eigenvalue weighted by atomic mass is 32.2. The van der Waals surface area contributed by atoms with Crippen molar-refractivity contribution in [1.29, 1.82) is 0 Å². The number of ether oxygens (including phenoxy) is 3. The first-order valence-electron chi connectivity index (χ1n) is 29.1. The molecule has 0 aromatic heterocycles. The van der Waals surface area contributed by atoms with Gasteiger partial charge in [0, 0.05) is 57.1 Å². The Kier molecular flexibility index (Phi) is 25.0. The maximum absolute atomic E-state index is 13.4. The van der Waals surface area contributed by atoms with Crippen LogP contribution < -0.4 is 0 Å². The molecule has 0 saturated carbocycles. The highest BCUT2D eigenvalue weighted by Gasteiger charge is 2.32. The van der Waals surface area contributed by atoms with Crippen LogP contribution in [0, 0.1) is 20.8 Å². The number of carbonyl (C=O) groups is 6. The number of esters is 3. The van der Waals surface area contributed by atoms with E-state index in [9.17, 15) is 54.0 Å². The number of hydrogen-bond acceptors (Lipinski definition) is 15. The van der Waals surface area contributed by atoms with Crippen molar-refractivity contribution in [3.05, 3.63) is 287 Å². The predicted octanol–water partition coefficient (Wildman–Crippen LogP) is 11.0. The molecule has 0 saturated heterocycles. The topological polar surface area (TPSA) is 242 Å². The fourth-order valence-electron chi connectivity index (χ4n) is 9.29. The molecule has 93 heavy (non-hydrogen) atoms. The van der Waals surface area contributed by atoms with Crippen molar-refractivity contribution in [3.8, 4) is 0 Å². The Balaban J connectivity index is 0.000000198. The lowest BCUT2D eigenvalue weighted by molar-refractivity contribution is -0.137. The Bertz CT molecular complexity index is 3930. The maximum Gasteiger partial charge on any atom is 0.308 e. The largest absolute Gasteiger partial charge is 0.426 e. The molecule has 3 heterocycles. The van der Waals surface area contributed by atoms with Gasteiger partial charge in [-0.15, -0.1) is 0 Å². The first-order chi connectivity index (χ1) is 44.3. The van der Waals surface area contributed by atoms with E-state index in [-0.39, 0.29) is 88.6 Å². The van der Waals surface area contributed by atoms with Crippen LogP contribution in [0.2, 0.25) is 0 Å². The van der Waals surface area contributed by atoms with Gasteiger partial charge in [0.25, 0.3) is 0 Å². The van der Waals surface area contributed by atoms with Crippen LogP contribution in [0.1, 0.15) is 54.2 Å². The van der Waals surface area contributed by atoms with Crippen molar-refractivity contribution in [3.63, 3.8) is 0 Å². The van der Waals surface area contributed by atoms with Crippen molar-refractivity contribution in [2.75, 3.05) is 39.3 Å². The van der Waals surface area contributed by atoms with E-state index in [0.717, 1.165) is 29.6 Å². The highest BCUT2D eigenvalue weighted by molar-refractivity contribution is 7.89. The van der Waals surface area contributed by atoms with E-state index < -0.39 is 48.0 Å². The molecule has 6 aromatic rings. The third-order valence-corrected chi connectivity index (χ3v) is 19.3. The number of nitrogens with zero attached hydrogens (tertiary/aromatic N) is 3. The van der Waals surface area contributed by atoms with E-state index in [2.05, 4.69) is 0 Å². The number of allylic oxidation sites excluding steroid dienone is 9. The molecule has 0 unspecified atom stereocenters. The van der Waals surface area contributed by atoms with Crippen LogP contribution in [0.15, 0.2) is 269 Å². The number of rotatable bonds is 12. The molecule has 0 fully saturated rings. The fourth-order valence-corrected chi connectivity index (χ4v) is 13.4. The van der Waals surface area contributed by atoms with Gasteiger partial charge in [0.2, 0.25) is 30.1 Å². The summed E-state index contributed by atoms with van der Waals surface area (Å²) >= 11 is 0. The van der Waals surface area contributed by atoms with Gasteiger partial charge in [0.15, 0.2) is 17.3 Å². The van der Waals surface area contributed by atoms with E-state index in [1.54, 1.807) is 146 Å². The number of hydrogen-bond donors (Lipinski definition) is 0. The molecule has 0 aliphatic carbocycles. The number of carbonyl (C=O) groups excluding carboxylic acids is 6. The predicted molar refractivity (Wildman–Crippen MR) is 355 cm³/mol. The number of ketones is 3. The number of aryl methyl sites for hydroxylation is 3. The van der Waals surface area contributed by atoms with Crippen molar-refractivity contribution in [2.24, 2.45) is 0 Å². The lowest BCUT2D eigenvalue weighted by atomic mass is 10.0. The summed E-state index contributed by atoms with van der Waals surface area (Å²) in [5, 5.41) is 0. The van der Waals surface area contributed by atoms with Gasteiger partial charge in [-0.1, -0.05) is 181 Å². The molecular weight excluding hydrogens is 1240 g/mol. The van der Waals surface area contributed by atoms with Crippen LogP contribution in [0.4, 0.5) is 0 Å². The summed E-state index contributed by atoms with van der Waals surface area (Å²) in [5.41, 5.74) is 6.25. The van der Waals surface area contributed by atoms with E-state index in [0.29, 0.717) is 33.4 Å². The summed E-state index contributed by atoms with van der Waals surface area (Å²) in [5.74, 6) is -1.99. The molecule has 18 nitrogen and oxygen atoms in total. The van der Waals surface area contributed by atoms with Crippen LogP contribution >= 0.6 is 0 Å². The van der Waals surface area contributed by atoms with Crippen LogP contribution in [-0.4, -0.2) is 113 Å². The Morgan fingerprint density at radius 1 is 0.312 bits per heavy atom. The Morgan fingerprint density at radius 3 is 0.742 bits per heavy atom. The summed E-state index contributed by atoms with van der Waals surface area (Å²) in [6.07, 6.45) is 17.8. The van der Waals surface area contributed by atoms with Crippen LogP contribution in [-0.2, 0) is 73.0 Å². The molecule has 0 N–H and O–H groups in total. The molecular formula is C72H69N3O15S3. The number of sulfonamides is 3. The lowest BCUT2D eigenvalue weighted by Gasteiger charge is -2.24. The maximum atomic E-state index is 13.4. The average Bonchev–Trinajstić information content (AvgIpc) is 0.822. The second-order valence-corrected chi connectivity index (χ2v) is 27.0.